The number of nitrogens with zero attached hydrogens (tertiary/aromatic N) is 1. The Labute approximate surface area is 162 Å². The second-order valence-corrected chi connectivity index (χ2v) is 6.73. The summed E-state index contributed by atoms with van der Waals surface area (Å²) in [6.45, 7) is 2.35. The molecular formula is C20H21N3O3S. The van der Waals surface area contributed by atoms with E-state index in [1.54, 1.807) is 25.6 Å². The van der Waals surface area contributed by atoms with E-state index in [1.807, 2.05) is 54.8 Å². The Morgan fingerprint density at radius 1 is 1.07 bits per heavy atom. The summed E-state index contributed by atoms with van der Waals surface area (Å²) in [5.41, 5.74) is 3.67. The van der Waals surface area contributed by atoms with Crippen LogP contribution in [0.5, 0.6) is 11.5 Å². The molecule has 0 saturated heterocycles. The van der Waals surface area contributed by atoms with Gasteiger partial charge in [-0.3, -0.25) is 0 Å². The van der Waals surface area contributed by atoms with E-state index < -0.39 is 0 Å². The predicted octanol–water partition coefficient (Wildman–Crippen LogP) is 4.46. The van der Waals surface area contributed by atoms with Crippen LogP contribution in [0.4, 0.5) is 10.5 Å². The van der Waals surface area contributed by atoms with Crippen LogP contribution in [-0.4, -0.2) is 25.2 Å². The van der Waals surface area contributed by atoms with Crippen LogP contribution in [-0.2, 0) is 6.54 Å². The second-order valence-electron chi connectivity index (χ2n) is 5.87. The standard InChI is InChI=1S/C20H21N3O3S/c1-13-12-27-19(22-13)15-5-7-16(8-6-15)23-20(24)21-11-14-4-9-17(25-2)18(10-14)26-3/h4-10,12H,11H2,1-3H3,(H2,21,23,24). The van der Waals surface area contributed by atoms with Gasteiger partial charge in [0.15, 0.2) is 11.5 Å². The topological polar surface area (TPSA) is 72.5 Å². The number of anilines is 1. The molecule has 0 fully saturated rings. The fourth-order valence-corrected chi connectivity index (χ4v) is 3.33. The highest BCUT2D eigenvalue weighted by atomic mass is 32.1. The van der Waals surface area contributed by atoms with Gasteiger partial charge in [-0.25, -0.2) is 9.78 Å². The SMILES string of the molecule is COc1ccc(CNC(=O)Nc2ccc(-c3nc(C)cs3)cc2)cc1OC. The molecule has 6 nitrogen and oxygen atoms in total. The number of aromatic nitrogens is 1. The summed E-state index contributed by atoms with van der Waals surface area (Å²) in [4.78, 5) is 16.6. The molecule has 0 saturated carbocycles. The number of hydrogen-bond acceptors (Lipinski definition) is 5. The molecule has 1 heterocycles. The zero-order valence-electron chi connectivity index (χ0n) is 15.4. The van der Waals surface area contributed by atoms with E-state index in [2.05, 4.69) is 15.6 Å². The van der Waals surface area contributed by atoms with Gasteiger partial charge in [-0.1, -0.05) is 6.07 Å². The van der Waals surface area contributed by atoms with Crippen molar-refractivity contribution in [3.63, 3.8) is 0 Å². The van der Waals surface area contributed by atoms with Gasteiger partial charge in [-0.15, -0.1) is 11.3 Å². The first-order chi connectivity index (χ1) is 13.1. The molecule has 0 bridgehead atoms. The lowest BCUT2D eigenvalue weighted by molar-refractivity contribution is 0.251. The molecule has 0 aliphatic rings. The molecule has 2 amide bonds. The summed E-state index contributed by atoms with van der Waals surface area (Å²) >= 11 is 1.60. The monoisotopic (exact) mass is 383 g/mol. The Morgan fingerprint density at radius 2 is 1.81 bits per heavy atom. The van der Waals surface area contributed by atoms with Crippen LogP contribution in [0.1, 0.15) is 11.3 Å². The quantitative estimate of drug-likeness (QED) is 0.659. The van der Waals surface area contributed by atoms with Gasteiger partial charge in [0.05, 0.1) is 14.2 Å². The molecule has 0 radical (unpaired) electrons. The van der Waals surface area contributed by atoms with Crippen LogP contribution in [0.15, 0.2) is 47.8 Å². The lowest BCUT2D eigenvalue weighted by atomic mass is 10.2. The molecule has 3 aromatic rings. The summed E-state index contributed by atoms with van der Waals surface area (Å²) in [6.07, 6.45) is 0. The van der Waals surface area contributed by atoms with Crippen LogP contribution >= 0.6 is 11.3 Å². The number of aryl methyl sites for hydroxylation is 1. The Kier molecular flexibility index (Phi) is 5.93. The number of carbonyl (C=O) groups excluding carboxylic acids is 1. The van der Waals surface area contributed by atoms with Gasteiger partial charge >= 0.3 is 6.03 Å². The first kappa shape index (κ1) is 18.7. The molecule has 0 atom stereocenters. The zero-order valence-corrected chi connectivity index (χ0v) is 16.2. The Hall–Kier alpha value is -3.06. The largest absolute Gasteiger partial charge is 0.493 e. The van der Waals surface area contributed by atoms with Gasteiger partial charge in [0.25, 0.3) is 0 Å². The molecule has 2 N–H and O–H groups in total. The van der Waals surface area contributed by atoms with Gasteiger partial charge in [-0.2, -0.15) is 0 Å². The number of hydrogen-bond donors (Lipinski definition) is 2. The van der Waals surface area contributed by atoms with Crippen molar-refractivity contribution in [3.05, 3.63) is 59.1 Å². The highest BCUT2D eigenvalue weighted by molar-refractivity contribution is 7.13. The van der Waals surface area contributed by atoms with Crippen LogP contribution in [0.25, 0.3) is 10.6 Å². The maximum absolute atomic E-state index is 12.1. The van der Waals surface area contributed by atoms with Gasteiger partial charge in [0.1, 0.15) is 5.01 Å². The third kappa shape index (κ3) is 4.77. The highest BCUT2D eigenvalue weighted by Crippen LogP contribution is 2.27. The number of nitrogens with one attached hydrogen (secondary N) is 2. The summed E-state index contributed by atoms with van der Waals surface area (Å²) in [7, 11) is 3.17. The van der Waals surface area contributed by atoms with Gasteiger partial charge in [-0.05, 0) is 48.9 Å². The Balaban J connectivity index is 1.56. The summed E-state index contributed by atoms with van der Waals surface area (Å²) in [5, 5.41) is 8.64. The van der Waals surface area contributed by atoms with Gasteiger partial charge in [0.2, 0.25) is 0 Å². The van der Waals surface area contributed by atoms with Crippen LogP contribution in [0, 0.1) is 6.92 Å². The van der Waals surface area contributed by atoms with Crippen molar-refractivity contribution < 1.29 is 14.3 Å². The van der Waals surface area contributed by atoms with Crippen molar-refractivity contribution in [1.82, 2.24) is 10.3 Å². The van der Waals surface area contributed by atoms with Gasteiger partial charge < -0.3 is 20.1 Å². The summed E-state index contributed by atoms with van der Waals surface area (Å²) < 4.78 is 10.5. The number of rotatable bonds is 6. The van der Waals surface area contributed by atoms with E-state index in [4.69, 9.17) is 9.47 Å². The Morgan fingerprint density at radius 3 is 2.44 bits per heavy atom. The van der Waals surface area contributed by atoms with Crippen molar-refractivity contribution in [2.24, 2.45) is 0 Å². The molecule has 27 heavy (non-hydrogen) atoms. The minimum absolute atomic E-state index is 0.275. The zero-order chi connectivity index (χ0) is 19.2. The number of urea groups is 1. The van der Waals surface area contributed by atoms with Crippen molar-refractivity contribution in [3.8, 4) is 22.1 Å². The fourth-order valence-electron chi connectivity index (χ4n) is 2.53. The molecule has 2 aromatic carbocycles. The molecular weight excluding hydrogens is 362 g/mol. The average molecular weight is 383 g/mol. The average Bonchev–Trinajstić information content (AvgIpc) is 3.13. The van der Waals surface area contributed by atoms with Crippen molar-refractivity contribution in [2.75, 3.05) is 19.5 Å². The first-order valence-corrected chi connectivity index (χ1v) is 9.25. The first-order valence-electron chi connectivity index (χ1n) is 8.37. The predicted molar refractivity (Wildman–Crippen MR) is 108 cm³/mol. The molecule has 0 aliphatic heterocycles. The normalized spacial score (nSPS) is 10.3. The Bertz CT molecular complexity index is 922. The molecule has 0 spiro atoms. The lowest BCUT2D eigenvalue weighted by Crippen LogP contribution is -2.28. The highest BCUT2D eigenvalue weighted by Gasteiger charge is 2.07. The van der Waals surface area contributed by atoms with Crippen LogP contribution < -0.4 is 20.1 Å². The number of methoxy groups -OCH3 is 2. The molecule has 0 aliphatic carbocycles. The number of benzene rings is 2. The maximum atomic E-state index is 12.1. The fraction of sp³-hybridized carbons (Fsp3) is 0.200. The minimum atomic E-state index is -0.275. The van der Waals surface area contributed by atoms with E-state index in [0.717, 1.165) is 27.5 Å². The number of carbonyl (C=O) groups is 1. The van der Waals surface area contributed by atoms with E-state index >= 15 is 0 Å². The van der Waals surface area contributed by atoms with Gasteiger partial charge in [0, 0.05) is 28.9 Å². The van der Waals surface area contributed by atoms with Crippen molar-refractivity contribution in [1.29, 1.82) is 0 Å². The lowest BCUT2D eigenvalue weighted by Gasteiger charge is -2.11. The summed E-state index contributed by atoms with van der Waals surface area (Å²) in [5.74, 6) is 1.28. The number of ether oxygens (including phenoxy) is 2. The van der Waals surface area contributed by atoms with E-state index in [0.29, 0.717) is 18.0 Å². The minimum Gasteiger partial charge on any atom is -0.493 e. The molecule has 140 valence electrons. The van der Waals surface area contributed by atoms with Crippen LogP contribution in [0.2, 0.25) is 0 Å². The molecule has 1 aromatic heterocycles. The van der Waals surface area contributed by atoms with E-state index in [1.165, 1.54) is 0 Å². The molecule has 0 unspecified atom stereocenters. The van der Waals surface area contributed by atoms with Crippen LogP contribution in [0.3, 0.4) is 0 Å². The maximum Gasteiger partial charge on any atom is 0.319 e. The van der Waals surface area contributed by atoms with Crippen molar-refractivity contribution >= 4 is 23.1 Å². The van der Waals surface area contributed by atoms with E-state index in [-0.39, 0.29) is 6.03 Å². The molecule has 3 rings (SSSR count). The van der Waals surface area contributed by atoms with Crippen molar-refractivity contribution in [2.45, 2.75) is 13.5 Å². The number of thiazole rings is 1. The summed E-state index contributed by atoms with van der Waals surface area (Å²) in [6, 6.07) is 12.9. The molecule has 7 heteroatoms. The smallest absolute Gasteiger partial charge is 0.319 e. The third-order valence-corrected chi connectivity index (χ3v) is 4.92. The number of amides is 2. The second kappa shape index (κ2) is 8.55. The third-order valence-electron chi connectivity index (χ3n) is 3.91. The van der Waals surface area contributed by atoms with E-state index in [9.17, 15) is 4.79 Å².